The Morgan fingerprint density at radius 2 is 1.88 bits per heavy atom. The van der Waals surface area contributed by atoms with Gasteiger partial charge in [-0.2, -0.15) is 5.26 Å². The van der Waals surface area contributed by atoms with Gasteiger partial charge in [-0.25, -0.2) is 4.79 Å². The third kappa shape index (κ3) is 5.31. The first-order valence-electron chi connectivity index (χ1n) is 8.67. The summed E-state index contributed by atoms with van der Waals surface area (Å²) in [5.41, 5.74) is 0.767. The molecule has 1 aliphatic rings. The van der Waals surface area contributed by atoms with E-state index in [1.165, 1.54) is 12.1 Å². The lowest BCUT2D eigenvalue weighted by molar-refractivity contribution is -0.141. The number of amides is 2. The number of nitriles is 1. The molecule has 7 heteroatoms. The molecule has 1 aliphatic heterocycles. The number of hydrogen-bond acceptors (Lipinski definition) is 5. The molecule has 0 spiro atoms. The highest BCUT2D eigenvalue weighted by molar-refractivity contribution is 5.94. The van der Waals surface area contributed by atoms with Crippen molar-refractivity contribution in [3.63, 3.8) is 0 Å². The number of anilines is 1. The monoisotopic (exact) mass is 357 g/mol. The molecule has 7 nitrogen and oxygen atoms in total. The molecule has 1 fully saturated rings. The fraction of sp³-hybridized carbons (Fsp3) is 0.474. The average molecular weight is 357 g/mol. The molecule has 0 aromatic heterocycles. The van der Waals surface area contributed by atoms with Gasteiger partial charge in [0.05, 0.1) is 11.6 Å². The minimum atomic E-state index is -0.842. The van der Waals surface area contributed by atoms with Crippen molar-refractivity contribution in [1.82, 2.24) is 4.90 Å². The third-order valence-electron chi connectivity index (χ3n) is 4.37. The van der Waals surface area contributed by atoms with E-state index in [1.807, 2.05) is 0 Å². The quantitative estimate of drug-likeness (QED) is 0.816. The molecule has 2 rings (SSSR count). The predicted molar refractivity (Wildman–Crippen MR) is 95.2 cm³/mol. The van der Waals surface area contributed by atoms with Gasteiger partial charge in [0.25, 0.3) is 5.91 Å². The largest absolute Gasteiger partial charge is 0.449 e. The number of esters is 1. The molecule has 1 aromatic rings. The minimum absolute atomic E-state index is 0.175. The summed E-state index contributed by atoms with van der Waals surface area (Å²) >= 11 is 0. The molecule has 1 unspecified atom stereocenters. The lowest BCUT2D eigenvalue weighted by atomic mass is 9.99. The van der Waals surface area contributed by atoms with Crippen molar-refractivity contribution in [1.29, 1.82) is 5.26 Å². The first-order chi connectivity index (χ1) is 12.4. The van der Waals surface area contributed by atoms with Crippen molar-refractivity contribution in [3.8, 4) is 6.07 Å². The maximum Gasteiger partial charge on any atom is 0.338 e. The van der Waals surface area contributed by atoms with E-state index in [0.29, 0.717) is 24.7 Å². The van der Waals surface area contributed by atoms with Crippen LogP contribution in [0.4, 0.5) is 5.69 Å². The summed E-state index contributed by atoms with van der Waals surface area (Å²) in [6.07, 6.45) is 0.848. The van der Waals surface area contributed by atoms with Crippen LogP contribution in [0.5, 0.6) is 0 Å². The number of likely N-dealkylation sites (tertiary alicyclic amines) is 1. The SMILES string of the molecule is CC1CCN(C(=O)C(C)OC(=O)c2ccc(NC(=O)CC#N)cc2)CC1. The summed E-state index contributed by atoms with van der Waals surface area (Å²) in [6.45, 7) is 5.13. The van der Waals surface area contributed by atoms with Gasteiger partial charge in [-0.1, -0.05) is 6.92 Å². The lowest BCUT2D eigenvalue weighted by Gasteiger charge is -2.31. The van der Waals surface area contributed by atoms with Gasteiger partial charge in [-0.15, -0.1) is 0 Å². The predicted octanol–water partition coefficient (Wildman–Crippen LogP) is 2.34. The normalized spacial score (nSPS) is 15.7. The fourth-order valence-electron chi connectivity index (χ4n) is 2.73. The molecule has 1 N–H and O–H groups in total. The van der Waals surface area contributed by atoms with Crippen LogP contribution in [0.2, 0.25) is 0 Å². The molecule has 2 amide bonds. The Kier molecular flexibility index (Phi) is 6.73. The van der Waals surface area contributed by atoms with Crippen LogP contribution in [0.3, 0.4) is 0 Å². The Balaban J connectivity index is 1.89. The molecular weight excluding hydrogens is 334 g/mol. The Morgan fingerprint density at radius 3 is 2.46 bits per heavy atom. The van der Waals surface area contributed by atoms with Crippen LogP contribution in [0.1, 0.15) is 43.5 Å². The van der Waals surface area contributed by atoms with Crippen LogP contribution < -0.4 is 5.32 Å². The van der Waals surface area contributed by atoms with Crippen LogP contribution in [0.15, 0.2) is 24.3 Å². The standard InChI is InChI=1S/C19H23N3O4/c1-13-8-11-22(12-9-13)18(24)14(2)26-19(25)15-3-5-16(6-4-15)21-17(23)7-10-20/h3-6,13-14H,7-9,11-12H2,1-2H3,(H,21,23). The van der Waals surface area contributed by atoms with E-state index in [9.17, 15) is 14.4 Å². The van der Waals surface area contributed by atoms with Gasteiger partial charge in [0.1, 0.15) is 6.42 Å². The summed E-state index contributed by atoms with van der Waals surface area (Å²) in [5, 5.41) is 11.0. The van der Waals surface area contributed by atoms with Crippen molar-refractivity contribution in [2.75, 3.05) is 18.4 Å². The van der Waals surface area contributed by atoms with Crippen molar-refractivity contribution in [2.24, 2.45) is 5.92 Å². The Hall–Kier alpha value is -2.88. The van der Waals surface area contributed by atoms with Crippen molar-refractivity contribution in [3.05, 3.63) is 29.8 Å². The van der Waals surface area contributed by atoms with Crippen molar-refractivity contribution >= 4 is 23.5 Å². The van der Waals surface area contributed by atoms with Crippen LogP contribution >= 0.6 is 0 Å². The molecular formula is C19H23N3O4. The zero-order valence-electron chi connectivity index (χ0n) is 15.0. The second-order valence-electron chi connectivity index (χ2n) is 6.52. The second-order valence-corrected chi connectivity index (χ2v) is 6.52. The van der Waals surface area contributed by atoms with Gasteiger partial charge >= 0.3 is 5.97 Å². The van der Waals surface area contributed by atoms with E-state index in [4.69, 9.17) is 10.00 Å². The summed E-state index contributed by atoms with van der Waals surface area (Å²) in [4.78, 5) is 37.7. The molecule has 0 saturated carbocycles. The topological polar surface area (TPSA) is 99.5 Å². The number of carbonyl (C=O) groups excluding carboxylic acids is 3. The van der Waals surface area contributed by atoms with Gasteiger partial charge in [0.15, 0.2) is 6.10 Å². The molecule has 0 radical (unpaired) electrons. The van der Waals surface area contributed by atoms with Crippen molar-refractivity contribution in [2.45, 2.75) is 39.2 Å². The molecule has 138 valence electrons. The van der Waals surface area contributed by atoms with Gasteiger partial charge in [-0.05, 0) is 49.9 Å². The molecule has 0 bridgehead atoms. The number of nitrogens with zero attached hydrogens (tertiary/aromatic N) is 2. The first kappa shape index (κ1) is 19.4. The zero-order chi connectivity index (χ0) is 19.1. The van der Waals surface area contributed by atoms with E-state index in [-0.39, 0.29) is 17.9 Å². The van der Waals surface area contributed by atoms with E-state index in [2.05, 4.69) is 12.2 Å². The summed E-state index contributed by atoms with van der Waals surface area (Å²) < 4.78 is 5.28. The Morgan fingerprint density at radius 1 is 1.27 bits per heavy atom. The zero-order valence-corrected chi connectivity index (χ0v) is 15.0. The summed E-state index contributed by atoms with van der Waals surface area (Å²) in [6, 6.07) is 7.86. The summed E-state index contributed by atoms with van der Waals surface area (Å²) in [5.74, 6) is -0.571. The number of rotatable bonds is 5. The van der Waals surface area contributed by atoms with Gasteiger partial charge in [-0.3, -0.25) is 9.59 Å². The Bertz CT molecular complexity index is 700. The number of benzene rings is 1. The highest BCUT2D eigenvalue weighted by atomic mass is 16.5. The van der Waals surface area contributed by atoms with Crippen LogP contribution in [0.25, 0.3) is 0 Å². The van der Waals surface area contributed by atoms with Crippen LogP contribution in [0, 0.1) is 17.2 Å². The maximum absolute atomic E-state index is 12.4. The highest BCUT2D eigenvalue weighted by Gasteiger charge is 2.27. The number of piperidine rings is 1. The lowest BCUT2D eigenvalue weighted by Crippen LogP contribution is -2.44. The molecule has 26 heavy (non-hydrogen) atoms. The van der Waals surface area contributed by atoms with Crippen molar-refractivity contribution < 1.29 is 19.1 Å². The fourth-order valence-corrected chi connectivity index (χ4v) is 2.73. The third-order valence-corrected chi connectivity index (χ3v) is 4.37. The average Bonchev–Trinajstić information content (AvgIpc) is 2.62. The number of carbonyl (C=O) groups is 3. The number of nitrogens with one attached hydrogen (secondary N) is 1. The van der Waals surface area contributed by atoms with Gasteiger partial charge in [0.2, 0.25) is 5.91 Å². The number of hydrogen-bond donors (Lipinski definition) is 1. The van der Waals surface area contributed by atoms with E-state index < -0.39 is 18.0 Å². The molecule has 1 atom stereocenters. The number of ether oxygens (including phenoxy) is 1. The van der Waals surface area contributed by atoms with Gasteiger partial charge in [0, 0.05) is 18.8 Å². The minimum Gasteiger partial charge on any atom is -0.449 e. The smallest absolute Gasteiger partial charge is 0.338 e. The van der Waals surface area contributed by atoms with E-state index in [0.717, 1.165) is 12.8 Å². The van der Waals surface area contributed by atoms with E-state index in [1.54, 1.807) is 30.0 Å². The molecule has 1 saturated heterocycles. The van der Waals surface area contributed by atoms with Gasteiger partial charge < -0.3 is 15.0 Å². The maximum atomic E-state index is 12.4. The van der Waals surface area contributed by atoms with Crippen LogP contribution in [-0.4, -0.2) is 41.9 Å². The highest BCUT2D eigenvalue weighted by Crippen LogP contribution is 2.18. The molecule has 1 heterocycles. The molecule has 0 aliphatic carbocycles. The van der Waals surface area contributed by atoms with E-state index >= 15 is 0 Å². The second kappa shape index (κ2) is 8.99. The Labute approximate surface area is 152 Å². The molecule has 1 aromatic carbocycles. The summed E-state index contributed by atoms with van der Waals surface area (Å²) in [7, 11) is 0. The van der Waals surface area contributed by atoms with Crippen LogP contribution in [-0.2, 0) is 14.3 Å². The first-order valence-corrected chi connectivity index (χ1v) is 8.67.